The molecule has 0 amide bonds. The van der Waals surface area contributed by atoms with Crippen LogP contribution >= 0.6 is 34.8 Å². The van der Waals surface area contributed by atoms with Crippen LogP contribution in [0.15, 0.2) is 47.3 Å². The molecule has 24 nitrogen and oxygen atoms in total. The van der Waals surface area contributed by atoms with Gasteiger partial charge in [0.25, 0.3) is 0 Å². The van der Waals surface area contributed by atoms with E-state index in [0.29, 0.717) is 87.4 Å². The van der Waals surface area contributed by atoms with Gasteiger partial charge in [0, 0.05) is 94.6 Å². The maximum absolute atomic E-state index is 14.4. The Balaban J connectivity index is 0.000000171. The molecule has 5 aliphatic rings. The van der Waals surface area contributed by atoms with Crippen molar-refractivity contribution in [3.63, 3.8) is 0 Å². The molecule has 0 saturated carbocycles. The van der Waals surface area contributed by atoms with Gasteiger partial charge < -0.3 is 37.9 Å². The molecule has 0 bridgehead atoms. The Morgan fingerprint density at radius 1 is 0.621 bits per heavy atom. The van der Waals surface area contributed by atoms with E-state index in [0.717, 1.165) is 85.5 Å². The van der Waals surface area contributed by atoms with E-state index < -0.39 is 57.7 Å². The third-order valence-corrected chi connectivity index (χ3v) is 16.0. The van der Waals surface area contributed by atoms with Crippen LogP contribution in [0.25, 0.3) is 0 Å². The monoisotopic (exact) mass is 1500 g/mol. The number of ketones is 3. The van der Waals surface area contributed by atoms with E-state index in [4.69, 9.17) is 74.1 Å². The SMILES string of the molecule is C#CCCOc1ncc(F)c(C(C)=O)n1.CC(=O)c1nc(Cl)ncc1F.CC(=O)c1nc2c(cc1F)CCO2.CC(Cl)c1nc2c(cc1F)CCO2.CC(O)c1nc2c(cc1F)CCO2.CCOC(C)(C)c1nc(Cl)ncc1F.Cc1nnc(C2CCN(C(C)c3nc4c(cc3F)CCO4)CC2)o1. The maximum Gasteiger partial charge on any atom is 0.317 e. The van der Waals surface area contributed by atoms with Gasteiger partial charge in [-0.3, -0.25) is 19.3 Å². The van der Waals surface area contributed by atoms with Crippen molar-refractivity contribution in [3.05, 3.63) is 168 Å². The fourth-order valence-electron chi connectivity index (χ4n) is 10.3. The van der Waals surface area contributed by atoms with Crippen molar-refractivity contribution in [1.29, 1.82) is 0 Å². The molecule has 1 fully saturated rings. The molecule has 34 heteroatoms. The summed E-state index contributed by atoms with van der Waals surface area (Å²) in [6.07, 6.45) is 12.0. The number of piperidine rings is 1. The van der Waals surface area contributed by atoms with Crippen molar-refractivity contribution in [3.8, 4) is 41.9 Å². The summed E-state index contributed by atoms with van der Waals surface area (Å²) in [4.78, 5) is 72.2. The van der Waals surface area contributed by atoms with E-state index in [-0.39, 0.29) is 86.7 Å². The lowest BCUT2D eigenvalue weighted by Crippen LogP contribution is -2.35. The molecule has 1 saturated heterocycles. The first-order valence-corrected chi connectivity index (χ1v) is 33.4. The number of halogens is 10. The quantitative estimate of drug-likeness (QED) is 0.0264. The van der Waals surface area contributed by atoms with E-state index >= 15 is 0 Å². The maximum atomic E-state index is 14.4. The first-order valence-electron chi connectivity index (χ1n) is 32.2. The molecule has 1 N–H and O–H groups in total. The van der Waals surface area contributed by atoms with E-state index in [1.165, 1.54) is 45.9 Å². The predicted molar refractivity (Wildman–Crippen MR) is 359 cm³/mol. The number of rotatable bonds is 14. The largest absolute Gasteiger partial charge is 0.477 e. The second kappa shape index (κ2) is 37.8. The first-order chi connectivity index (χ1) is 48.9. The molecule has 550 valence electrons. The Hall–Kier alpha value is -9.19. The fourth-order valence-corrected chi connectivity index (χ4v) is 10.7. The highest BCUT2D eigenvalue weighted by molar-refractivity contribution is 6.28. The molecule has 8 aromatic heterocycles. The number of carbonyl (C=O) groups is 3. The van der Waals surface area contributed by atoms with E-state index in [1.54, 1.807) is 33.8 Å². The summed E-state index contributed by atoms with van der Waals surface area (Å²) in [6, 6.07) is 5.63. The lowest BCUT2D eigenvalue weighted by atomic mass is 9.95. The summed E-state index contributed by atoms with van der Waals surface area (Å²) >= 11 is 16.7. The van der Waals surface area contributed by atoms with Crippen LogP contribution in [0.3, 0.4) is 0 Å². The summed E-state index contributed by atoms with van der Waals surface area (Å²) in [6.45, 7) is 20.7. The fraction of sp³-hybridized carbons (Fsp3) is 0.435. The molecule has 5 aliphatic heterocycles. The van der Waals surface area contributed by atoms with E-state index in [2.05, 4.69) is 70.9 Å². The number of hydrogen-bond acceptors (Lipinski definition) is 24. The summed E-state index contributed by atoms with van der Waals surface area (Å²) in [5.74, 6) is 1.02. The minimum Gasteiger partial charge on any atom is -0.477 e. The number of terminal acetylenes is 1. The van der Waals surface area contributed by atoms with Crippen molar-refractivity contribution < 1.29 is 83.1 Å². The van der Waals surface area contributed by atoms with Crippen LogP contribution in [-0.2, 0) is 36.0 Å². The molecule has 0 radical (unpaired) electrons. The molecule has 13 heterocycles. The van der Waals surface area contributed by atoms with Crippen LogP contribution in [0.1, 0.15) is 193 Å². The van der Waals surface area contributed by atoms with Crippen LogP contribution < -0.4 is 23.7 Å². The number of nitrogens with zero attached hydrogens (tertiary/aromatic N) is 13. The number of ether oxygens (including phenoxy) is 6. The predicted octanol–water partition coefficient (Wildman–Crippen LogP) is 13.0. The van der Waals surface area contributed by atoms with Crippen LogP contribution in [0.4, 0.5) is 30.7 Å². The number of carbonyl (C=O) groups excluding carboxylic acids is 3. The highest BCUT2D eigenvalue weighted by atomic mass is 35.5. The molecule has 0 spiro atoms. The Kier molecular flexibility index (Phi) is 29.8. The number of aromatic nitrogens is 12. The Morgan fingerprint density at radius 3 is 1.52 bits per heavy atom. The third-order valence-electron chi connectivity index (χ3n) is 15.4. The normalized spacial score (nSPS) is 14.6. The highest BCUT2D eigenvalue weighted by Crippen LogP contribution is 2.36. The van der Waals surface area contributed by atoms with E-state index in [1.807, 2.05) is 13.8 Å². The lowest BCUT2D eigenvalue weighted by Gasteiger charge is -2.34. The highest BCUT2D eigenvalue weighted by Gasteiger charge is 2.32. The van der Waals surface area contributed by atoms with Crippen molar-refractivity contribution in [1.82, 2.24) is 64.9 Å². The van der Waals surface area contributed by atoms with Gasteiger partial charge in [0.15, 0.2) is 40.6 Å². The van der Waals surface area contributed by atoms with Crippen molar-refractivity contribution in [2.24, 2.45) is 0 Å². The molecule has 3 unspecified atom stereocenters. The zero-order valence-electron chi connectivity index (χ0n) is 57.7. The number of likely N-dealkylation sites (tertiary alicyclic amines) is 1. The van der Waals surface area contributed by atoms with Gasteiger partial charge in [0.05, 0.1) is 73.9 Å². The van der Waals surface area contributed by atoms with Crippen LogP contribution in [0.5, 0.6) is 29.5 Å². The lowest BCUT2D eigenvalue weighted by molar-refractivity contribution is -0.0201. The number of aliphatic hydroxyl groups is 1. The zero-order chi connectivity index (χ0) is 75.4. The second-order valence-electron chi connectivity index (χ2n) is 23.5. The van der Waals surface area contributed by atoms with Crippen molar-refractivity contribution >= 4 is 52.2 Å². The molecule has 103 heavy (non-hydrogen) atoms. The molecule has 0 aliphatic carbocycles. The minimum atomic E-state index is -0.894. The topological polar surface area (TPSA) is 298 Å². The zero-order valence-corrected chi connectivity index (χ0v) is 59.9. The standard InChI is InChI=1S/C17H21FN4O2.C10H9FN2O2.C9H12ClFN2O.C9H9ClFNO.C9H10FNO2.C9H8FNO2.C6H4ClFN2O/c1-10(15-14(18)9-13-5-8-23-16(13)19-15)22-6-3-12(4-7-22)17-21-20-11(2)24-17;1-3-4-5-15-10-12-6-8(11)9(13-10)7(2)14;1-4-14-9(2,3)7-6(11)5-12-8(10)13-7;1-5(10)8-7(11)4-6-2-3-13-9(6)12-8;2*1-5(12)8-7(10)4-6-2-3-13-9(6)11-8;1-3(11)5-4(8)2-9-6(7)10-5/h9-10,12H,3-8H2,1-2H3;1,6H,4-5H2,2H3;5H,4H2,1-3H3;4-5H,2-3H2,1H3;4-5,12H,2-3H2,1H3;4H,2-3H2,1H3;2H,1H3. The number of Topliss-reactive ketones (excluding diaryl/α,β-unsaturated/α-hetero) is 3. The number of fused-ring (bicyclic) bond motifs is 4. The van der Waals surface area contributed by atoms with Gasteiger partial charge in [-0.2, -0.15) is 4.98 Å². The molecule has 0 aromatic carbocycles. The third kappa shape index (κ3) is 22.7. The van der Waals surface area contributed by atoms with E-state index in [9.17, 15) is 50.2 Å². The summed E-state index contributed by atoms with van der Waals surface area (Å²) < 4.78 is 130. The molecule has 3 atom stereocenters. The number of pyridine rings is 4. The number of hydrogen-bond donors (Lipinski definition) is 1. The van der Waals surface area contributed by atoms with Crippen molar-refractivity contribution in [2.75, 3.05) is 52.7 Å². The van der Waals surface area contributed by atoms with Gasteiger partial charge in [-0.05, 0) is 115 Å². The van der Waals surface area contributed by atoms with Gasteiger partial charge in [-0.25, -0.2) is 75.6 Å². The number of aliphatic hydroxyl groups excluding tert-OH is 1. The van der Waals surface area contributed by atoms with Gasteiger partial charge in [0.2, 0.25) is 45.9 Å². The average Bonchev–Trinajstić information content (AvgIpc) is 1.75. The van der Waals surface area contributed by atoms with Crippen LogP contribution in [0.2, 0.25) is 10.6 Å². The van der Waals surface area contributed by atoms with Crippen LogP contribution in [0, 0.1) is 60.0 Å². The molecular weight excluding hydrogens is 1430 g/mol. The summed E-state index contributed by atoms with van der Waals surface area (Å²) in [7, 11) is 0. The Morgan fingerprint density at radius 2 is 1.06 bits per heavy atom. The Labute approximate surface area is 603 Å². The summed E-state index contributed by atoms with van der Waals surface area (Å²) in [5.41, 5.74) is 2.72. The van der Waals surface area contributed by atoms with Crippen LogP contribution in [-0.4, -0.2) is 140 Å². The van der Waals surface area contributed by atoms with Crippen molar-refractivity contribution in [2.45, 2.75) is 143 Å². The van der Waals surface area contributed by atoms with Gasteiger partial charge in [0.1, 0.15) is 58.1 Å². The molecule has 13 rings (SSSR count). The minimum absolute atomic E-state index is 0.0224. The van der Waals surface area contributed by atoms with Gasteiger partial charge >= 0.3 is 6.01 Å². The number of aryl methyl sites for hydroxylation is 1. The molecule has 8 aromatic rings. The summed E-state index contributed by atoms with van der Waals surface area (Å²) in [5, 5.41) is 16.7. The smallest absolute Gasteiger partial charge is 0.317 e. The number of alkyl halides is 1. The van der Waals surface area contributed by atoms with Gasteiger partial charge in [-0.1, -0.05) is 0 Å². The molecular formula is C69H73Cl3F7N13O11. The Bertz CT molecular complexity index is 4270. The average molecular weight is 1500 g/mol. The second-order valence-corrected chi connectivity index (χ2v) is 24.8. The first kappa shape index (κ1) is 81.1. The van der Waals surface area contributed by atoms with Gasteiger partial charge in [-0.15, -0.1) is 34.1 Å².